The lowest BCUT2D eigenvalue weighted by molar-refractivity contribution is -0.270. The average molecular weight is 432 g/mol. The van der Waals surface area contributed by atoms with Crippen molar-refractivity contribution in [2.24, 2.45) is 0 Å². The number of halogens is 3. The molecule has 1 saturated heterocycles. The second kappa shape index (κ2) is 9.62. The van der Waals surface area contributed by atoms with Crippen LogP contribution in [0.5, 0.6) is 0 Å². The zero-order valence-electron chi connectivity index (χ0n) is 17.7. The van der Waals surface area contributed by atoms with Gasteiger partial charge in [-0.2, -0.15) is 13.2 Å². The molecule has 2 rings (SSSR count). The lowest BCUT2D eigenvalue weighted by Gasteiger charge is -2.39. The summed E-state index contributed by atoms with van der Waals surface area (Å²) in [4.78, 5) is 14.6. The monoisotopic (exact) mass is 431 g/mol. The molecular formula is C21H32F3NO3Si. The van der Waals surface area contributed by atoms with Crippen LogP contribution in [0.15, 0.2) is 30.3 Å². The van der Waals surface area contributed by atoms with E-state index in [9.17, 15) is 18.0 Å². The smallest absolute Gasteiger partial charge is 0.415 e. The lowest BCUT2D eigenvalue weighted by atomic mass is 9.90. The zero-order chi connectivity index (χ0) is 21.7. The van der Waals surface area contributed by atoms with Crippen molar-refractivity contribution in [2.75, 3.05) is 20.3 Å². The summed E-state index contributed by atoms with van der Waals surface area (Å²) in [5, 5.41) is 0. The molecular weight excluding hydrogens is 399 g/mol. The molecule has 0 radical (unpaired) electrons. The summed E-state index contributed by atoms with van der Waals surface area (Å²) in [7, 11) is -0.948. The zero-order valence-corrected chi connectivity index (χ0v) is 18.7. The molecule has 1 aromatic rings. The van der Waals surface area contributed by atoms with E-state index in [1.165, 1.54) is 29.2 Å². The van der Waals surface area contributed by atoms with Gasteiger partial charge in [0.2, 0.25) is 0 Å². The Bertz CT molecular complexity index is 659. The van der Waals surface area contributed by atoms with Gasteiger partial charge in [-0.05, 0) is 31.0 Å². The summed E-state index contributed by atoms with van der Waals surface area (Å²) in [6, 6.07) is 9.66. The number of hydrogen-bond acceptors (Lipinski definition) is 3. The van der Waals surface area contributed by atoms with Gasteiger partial charge >= 0.3 is 6.18 Å². The molecule has 8 heteroatoms. The molecule has 1 aliphatic rings. The summed E-state index contributed by atoms with van der Waals surface area (Å²) in [5.41, 5.74) is -3.21. The van der Waals surface area contributed by atoms with Crippen LogP contribution < -0.4 is 0 Å². The van der Waals surface area contributed by atoms with E-state index >= 15 is 0 Å². The van der Waals surface area contributed by atoms with Crippen LogP contribution >= 0.6 is 0 Å². The second-order valence-corrected chi connectivity index (χ2v) is 12.4. The fraction of sp³-hybridized carbons (Fsp3) is 0.667. The first kappa shape index (κ1) is 23.9. The predicted molar refractivity (Wildman–Crippen MR) is 109 cm³/mol. The van der Waals surface area contributed by atoms with Crippen molar-refractivity contribution in [2.45, 2.75) is 69.6 Å². The third-order valence-electron chi connectivity index (χ3n) is 6.34. The van der Waals surface area contributed by atoms with E-state index in [2.05, 4.69) is 20.8 Å². The highest BCUT2D eigenvalue weighted by Gasteiger charge is 2.64. The van der Waals surface area contributed by atoms with E-state index in [1.54, 1.807) is 6.07 Å². The Kier molecular flexibility index (Phi) is 7.92. The fourth-order valence-corrected chi connectivity index (χ4v) is 6.87. The number of benzene rings is 1. The Morgan fingerprint density at radius 2 is 1.72 bits per heavy atom. The van der Waals surface area contributed by atoms with Crippen molar-refractivity contribution in [1.82, 2.24) is 4.90 Å². The molecule has 2 atom stereocenters. The predicted octanol–water partition coefficient (Wildman–Crippen LogP) is 5.10. The van der Waals surface area contributed by atoms with Crippen molar-refractivity contribution in [3.8, 4) is 0 Å². The van der Waals surface area contributed by atoms with Crippen molar-refractivity contribution in [3.05, 3.63) is 35.9 Å². The highest BCUT2D eigenvalue weighted by molar-refractivity contribution is 6.73. The molecule has 1 fully saturated rings. The Morgan fingerprint density at radius 1 is 1.14 bits per heavy atom. The third-order valence-corrected chi connectivity index (χ3v) is 11.0. The molecule has 29 heavy (non-hydrogen) atoms. The number of alkyl halides is 3. The molecule has 164 valence electrons. The highest BCUT2D eigenvalue weighted by Crippen LogP contribution is 2.44. The van der Waals surface area contributed by atoms with Gasteiger partial charge in [0, 0.05) is 19.2 Å². The molecule has 0 unspecified atom stereocenters. The molecule has 0 aliphatic carbocycles. The van der Waals surface area contributed by atoms with E-state index < -0.39 is 26.0 Å². The first-order chi connectivity index (χ1) is 13.7. The lowest BCUT2D eigenvalue weighted by Crippen LogP contribution is -2.58. The quantitative estimate of drug-likeness (QED) is 0.511. The van der Waals surface area contributed by atoms with Crippen LogP contribution in [-0.2, 0) is 19.6 Å². The minimum atomic E-state index is -4.89. The first-order valence-corrected chi connectivity index (χ1v) is 12.9. The SMILES string of the molecule is CC[Si](CC)(CC)OC[C@@H]1CCCN1C(=O)[C@@](OC)(c1ccccc1)C(F)(F)F. The maximum Gasteiger partial charge on any atom is 0.430 e. The Hall–Kier alpha value is -1.38. The molecule has 0 spiro atoms. The van der Waals surface area contributed by atoms with Crippen LogP contribution in [-0.4, -0.2) is 51.6 Å². The van der Waals surface area contributed by atoms with Crippen molar-refractivity contribution < 1.29 is 27.1 Å². The van der Waals surface area contributed by atoms with Gasteiger partial charge in [0.15, 0.2) is 8.32 Å². The van der Waals surface area contributed by atoms with E-state index in [-0.39, 0.29) is 18.2 Å². The molecule has 0 saturated carbocycles. The molecule has 1 aromatic carbocycles. The number of rotatable bonds is 9. The summed E-state index contributed by atoms with van der Waals surface area (Å²) in [6.07, 6.45) is -3.59. The molecule has 0 N–H and O–H groups in total. The van der Waals surface area contributed by atoms with Crippen LogP contribution in [0.25, 0.3) is 0 Å². The molecule has 1 amide bonds. The fourth-order valence-electron chi connectivity index (χ4n) is 4.21. The van der Waals surface area contributed by atoms with Crippen LogP contribution in [0, 0.1) is 0 Å². The minimum Gasteiger partial charge on any atom is -0.415 e. The molecule has 0 bridgehead atoms. The number of ether oxygens (including phenoxy) is 1. The number of nitrogens with zero attached hydrogens (tertiary/aromatic N) is 1. The summed E-state index contributed by atoms with van der Waals surface area (Å²) < 4.78 is 54.0. The van der Waals surface area contributed by atoms with E-state index in [1.807, 2.05) is 0 Å². The number of carbonyl (C=O) groups is 1. The van der Waals surface area contributed by atoms with Crippen molar-refractivity contribution >= 4 is 14.2 Å². The maximum absolute atomic E-state index is 14.2. The van der Waals surface area contributed by atoms with Gasteiger partial charge in [-0.3, -0.25) is 4.79 Å². The largest absolute Gasteiger partial charge is 0.430 e. The van der Waals surface area contributed by atoms with E-state index in [4.69, 9.17) is 9.16 Å². The molecule has 1 aliphatic heterocycles. The summed E-state index contributed by atoms with van der Waals surface area (Å²) in [6.45, 7) is 6.88. The van der Waals surface area contributed by atoms with Crippen LogP contribution in [0.2, 0.25) is 18.1 Å². The Morgan fingerprint density at radius 3 is 2.21 bits per heavy atom. The van der Waals surface area contributed by atoms with E-state index in [0.29, 0.717) is 19.4 Å². The van der Waals surface area contributed by atoms with Gasteiger partial charge in [-0.1, -0.05) is 51.1 Å². The van der Waals surface area contributed by atoms with Crippen LogP contribution in [0.4, 0.5) is 13.2 Å². The second-order valence-electron chi connectivity index (χ2n) is 7.60. The van der Waals surface area contributed by atoms with Crippen molar-refractivity contribution in [1.29, 1.82) is 0 Å². The van der Waals surface area contributed by atoms with E-state index in [0.717, 1.165) is 25.2 Å². The maximum atomic E-state index is 14.2. The summed E-state index contributed by atoms with van der Waals surface area (Å²) >= 11 is 0. The molecule has 4 nitrogen and oxygen atoms in total. The Labute approximate surface area is 172 Å². The Balaban J connectivity index is 2.33. The first-order valence-electron chi connectivity index (χ1n) is 10.3. The van der Waals surface area contributed by atoms with Gasteiger partial charge in [0.05, 0.1) is 12.6 Å². The number of amides is 1. The summed E-state index contributed by atoms with van der Waals surface area (Å²) in [5.74, 6) is -1.05. The number of likely N-dealkylation sites (tertiary alicyclic amines) is 1. The van der Waals surface area contributed by atoms with Gasteiger partial charge < -0.3 is 14.1 Å². The van der Waals surface area contributed by atoms with Gasteiger partial charge in [0.25, 0.3) is 11.5 Å². The van der Waals surface area contributed by atoms with Gasteiger partial charge in [0.1, 0.15) is 0 Å². The highest BCUT2D eigenvalue weighted by atomic mass is 28.4. The minimum absolute atomic E-state index is 0.203. The third kappa shape index (κ3) is 4.54. The van der Waals surface area contributed by atoms with Crippen LogP contribution in [0.1, 0.15) is 39.2 Å². The average Bonchev–Trinajstić information content (AvgIpc) is 3.19. The number of methoxy groups -OCH3 is 1. The van der Waals surface area contributed by atoms with Gasteiger partial charge in [-0.15, -0.1) is 0 Å². The van der Waals surface area contributed by atoms with Crippen molar-refractivity contribution in [3.63, 3.8) is 0 Å². The number of carbonyl (C=O) groups excluding carboxylic acids is 1. The topological polar surface area (TPSA) is 38.8 Å². The normalized spacial score (nSPS) is 20.0. The van der Waals surface area contributed by atoms with Gasteiger partial charge in [-0.25, -0.2) is 0 Å². The van der Waals surface area contributed by atoms with Crippen LogP contribution in [0.3, 0.4) is 0 Å². The molecule has 1 heterocycles. The molecule has 0 aromatic heterocycles. The number of hydrogen-bond donors (Lipinski definition) is 0. The standard InChI is InChI=1S/C21H32F3NO3Si/c1-5-29(6-2,7-3)28-16-18-14-11-15-25(18)19(26)20(27-4,21(22,23)24)17-12-9-8-10-13-17/h8-10,12-13,18H,5-7,11,14-16H2,1-4H3/t18-,20-/m0/s1.